The van der Waals surface area contributed by atoms with E-state index < -0.39 is 10.0 Å². The third kappa shape index (κ3) is 3.23. The molecule has 0 spiro atoms. The molecular weight excluding hydrogens is 282 g/mol. The molecule has 0 unspecified atom stereocenters. The standard InChI is InChI=1S/C12H17N3O2S2/c1-18-6-2-5-15-19(16,17)12-8-14-11-7-9(13)3-4-10(11)12/h3-4,7-8,14-15H,2,5-6,13H2,1H3. The minimum absolute atomic E-state index is 0.270. The molecule has 2 rings (SSSR count). The van der Waals surface area contributed by atoms with Crippen LogP contribution in [0.3, 0.4) is 0 Å². The summed E-state index contributed by atoms with van der Waals surface area (Å²) in [6, 6.07) is 5.14. The second-order valence-corrected chi connectivity index (χ2v) is 6.92. The summed E-state index contributed by atoms with van der Waals surface area (Å²) in [5.74, 6) is 0.937. The number of nitrogens with two attached hydrogens (primary N) is 1. The first-order chi connectivity index (χ1) is 9.04. The van der Waals surface area contributed by atoms with Crippen LogP contribution in [0.5, 0.6) is 0 Å². The zero-order chi connectivity index (χ0) is 13.9. The highest BCUT2D eigenvalue weighted by atomic mass is 32.2. The van der Waals surface area contributed by atoms with Crippen molar-refractivity contribution >= 4 is 38.4 Å². The molecule has 1 heterocycles. The largest absolute Gasteiger partial charge is 0.399 e. The number of fused-ring (bicyclic) bond motifs is 1. The number of aromatic nitrogens is 1. The number of thioether (sulfide) groups is 1. The first-order valence-corrected chi connectivity index (χ1v) is 8.77. The highest BCUT2D eigenvalue weighted by molar-refractivity contribution is 7.98. The summed E-state index contributed by atoms with van der Waals surface area (Å²) >= 11 is 1.70. The van der Waals surface area contributed by atoms with Crippen molar-refractivity contribution in [2.45, 2.75) is 11.3 Å². The minimum Gasteiger partial charge on any atom is -0.399 e. The van der Waals surface area contributed by atoms with Crippen molar-refractivity contribution in [2.75, 3.05) is 24.3 Å². The van der Waals surface area contributed by atoms with Crippen LogP contribution >= 0.6 is 11.8 Å². The molecule has 5 nitrogen and oxygen atoms in total. The van der Waals surface area contributed by atoms with E-state index >= 15 is 0 Å². The van der Waals surface area contributed by atoms with Crippen molar-refractivity contribution < 1.29 is 8.42 Å². The van der Waals surface area contributed by atoms with Gasteiger partial charge in [-0.15, -0.1) is 0 Å². The predicted molar refractivity (Wildman–Crippen MR) is 80.9 cm³/mol. The highest BCUT2D eigenvalue weighted by Gasteiger charge is 2.18. The van der Waals surface area contributed by atoms with Crippen LogP contribution in [0.2, 0.25) is 0 Å². The number of hydrogen-bond donors (Lipinski definition) is 3. The molecule has 0 aliphatic carbocycles. The van der Waals surface area contributed by atoms with Gasteiger partial charge in [-0.3, -0.25) is 0 Å². The number of H-pyrrole nitrogens is 1. The smallest absolute Gasteiger partial charge is 0.242 e. The van der Waals surface area contributed by atoms with E-state index in [9.17, 15) is 8.42 Å². The van der Waals surface area contributed by atoms with Gasteiger partial charge in [0.15, 0.2) is 0 Å². The van der Waals surface area contributed by atoms with Gasteiger partial charge in [0, 0.05) is 29.3 Å². The van der Waals surface area contributed by atoms with E-state index in [0.29, 0.717) is 17.6 Å². The van der Waals surface area contributed by atoms with Gasteiger partial charge in [-0.25, -0.2) is 13.1 Å². The van der Waals surface area contributed by atoms with Gasteiger partial charge in [-0.05, 0) is 36.6 Å². The maximum absolute atomic E-state index is 12.2. The molecule has 0 bridgehead atoms. The van der Waals surface area contributed by atoms with Crippen molar-refractivity contribution in [1.82, 2.24) is 9.71 Å². The lowest BCUT2D eigenvalue weighted by Crippen LogP contribution is -2.24. The summed E-state index contributed by atoms with van der Waals surface area (Å²) in [5, 5.41) is 0.659. The SMILES string of the molecule is CSCCCNS(=O)(=O)c1c[nH]c2cc(N)ccc12. The minimum atomic E-state index is -3.47. The Morgan fingerprint density at radius 1 is 1.42 bits per heavy atom. The summed E-state index contributed by atoms with van der Waals surface area (Å²) in [6.45, 7) is 0.449. The molecule has 7 heteroatoms. The van der Waals surface area contributed by atoms with Crippen molar-refractivity contribution in [2.24, 2.45) is 0 Å². The number of aromatic amines is 1. The van der Waals surface area contributed by atoms with Crippen molar-refractivity contribution in [3.63, 3.8) is 0 Å². The molecule has 0 aliphatic heterocycles. The van der Waals surface area contributed by atoms with E-state index in [1.807, 2.05) is 6.26 Å². The molecule has 1 aromatic carbocycles. The van der Waals surface area contributed by atoms with Gasteiger partial charge < -0.3 is 10.7 Å². The molecule has 0 fully saturated rings. The quantitative estimate of drug-likeness (QED) is 0.560. The van der Waals surface area contributed by atoms with Crippen LogP contribution in [0.15, 0.2) is 29.3 Å². The second kappa shape index (κ2) is 5.85. The van der Waals surface area contributed by atoms with Gasteiger partial charge in [0.05, 0.1) is 0 Å². The number of sulfonamides is 1. The van der Waals surface area contributed by atoms with E-state index in [1.54, 1.807) is 30.0 Å². The zero-order valence-electron chi connectivity index (χ0n) is 10.6. The number of nitrogens with one attached hydrogen (secondary N) is 2. The average molecular weight is 299 g/mol. The summed E-state index contributed by atoms with van der Waals surface area (Å²) in [7, 11) is -3.47. The zero-order valence-corrected chi connectivity index (χ0v) is 12.3. The summed E-state index contributed by atoms with van der Waals surface area (Å²) in [4.78, 5) is 3.20. The molecule has 0 amide bonds. The molecule has 0 saturated carbocycles. The van der Waals surface area contributed by atoms with Gasteiger partial charge >= 0.3 is 0 Å². The molecule has 0 radical (unpaired) electrons. The third-order valence-electron chi connectivity index (χ3n) is 2.77. The number of benzene rings is 1. The van der Waals surface area contributed by atoms with Crippen LogP contribution in [0.1, 0.15) is 6.42 Å². The van der Waals surface area contributed by atoms with E-state index in [4.69, 9.17) is 5.73 Å². The van der Waals surface area contributed by atoms with Crippen molar-refractivity contribution in [3.8, 4) is 0 Å². The Hall–Kier alpha value is -1.18. The molecule has 104 valence electrons. The molecule has 2 aromatic rings. The van der Waals surface area contributed by atoms with Crippen LogP contribution < -0.4 is 10.5 Å². The van der Waals surface area contributed by atoms with Crippen molar-refractivity contribution in [1.29, 1.82) is 0 Å². The van der Waals surface area contributed by atoms with E-state index in [-0.39, 0.29) is 4.90 Å². The molecule has 19 heavy (non-hydrogen) atoms. The van der Waals surface area contributed by atoms with Crippen LogP contribution in [-0.2, 0) is 10.0 Å². The summed E-state index contributed by atoms with van der Waals surface area (Å²) in [5.41, 5.74) is 7.00. The van der Waals surface area contributed by atoms with E-state index in [1.165, 1.54) is 6.20 Å². The van der Waals surface area contributed by atoms with Gasteiger partial charge in [-0.1, -0.05) is 0 Å². The normalized spacial score (nSPS) is 12.1. The first kappa shape index (κ1) is 14.2. The number of hydrogen-bond acceptors (Lipinski definition) is 4. The first-order valence-electron chi connectivity index (χ1n) is 5.90. The predicted octanol–water partition coefficient (Wildman–Crippen LogP) is 1.78. The fraction of sp³-hybridized carbons (Fsp3) is 0.333. The van der Waals surface area contributed by atoms with Crippen LogP contribution in [0, 0.1) is 0 Å². The Morgan fingerprint density at radius 2 is 2.21 bits per heavy atom. The van der Waals surface area contributed by atoms with Crippen molar-refractivity contribution in [3.05, 3.63) is 24.4 Å². The fourth-order valence-corrected chi connectivity index (χ4v) is 3.52. The molecule has 4 N–H and O–H groups in total. The van der Waals surface area contributed by atoms with Crippen LogP contribution in [0.25, 0.3) is 10.9 Å². The fourth-order valence-electron chi connectivity index (χ4n) is 1.84. The summed E-state index contributed by atoms with van der Waals surface area (Å²) in [6.07, 6.45) is 4.31. The lowest BCUT2D eigenvalue weighted by atomic mass is 10.2. The lowest BCUT2D eigenvalue weighted by Gasteiger charge is -2.05. The third-order valence-corrected chi connectivity index (χ3v) is 4.97. The van der Waals surface area contributed by atoms with E-state index in [0.717, 1.165) is 17.7 Å². The van der Waals surface area contributed by atoms with Crippen LogP contribution in [-0.4, -0.2) is 32.0 Å². The lowest BCUT2D eigenvalue weighted by molar-refractivity contribution is 0.582. The Kier molecular flexibility index (Phi) is 4.38. The maximum atomic E-state index is 12.2. The molecule has 0 saturated heterocycles. The van der Waals surface area contributed by atoms with E-state index in [2.05, 4.69) is 9.71 Å². The molecule has 0 atom stereocenters. The number of nitrogen functional groups attached to an aromatic ring is 1. The molecule has 0 aliphatic rings. The Bertz CT molecular complexity index is 665. The number of anilines is 1. The highest BCUT2D eigenvalue weighted by Crippen LogP contribution is 2.24. The van der Waals surface area contributed by atoms with Gasteiger partial charge in [0.1, 0.15) is 4.90 Å². The Labute approximate surface area is 117 Å². The molecule has 1 aromatic heterocycles. The van der Waals surface area contributed by atoms with Crippen LogP contribution in [0.4, 0.5) is 5.69 Å². The van der Waals surface area contributed by atoms with Gasteiger partial charge in [0.2, 0.25) is 10.0 Å². The maximum Gasteiger partial charge on any atom is 0.242 e. The topological polar surface area (TPSA) is 88.0 Å². The monoisotopic (exact) mass is 299 g/mol. The Balaban J connectivity index is 2.23. The average Bonchev–Trinajstić information content (AvgIpc) is 2.78. The molecular formula is C12H17N3O2S2. The summed E-state index contributed by atoms with van der Waals surface area (Å²) < 4.78 is 27.0. The van der Waals surface area contributed by atoms with Gasteiger partial charge in [0.25, 0.3) is 0 Å². The Morgan fingerprint density at radius 3 is 2.95 bits per heavy atom. The second-order valence-electron chi connectivity index (χ2n) is 4.20. The van der Waals surface area contributed by atoms with Gasteiger partial charge in [-0.2, -0.15) is 11.8 Å². The number of rotatable bonds is 6.